The Hall–Kier alpha value is -2.25. The second-order valence-corrected chi connectivity index (χ2v) is 8.18. The Morgan fingerprint density at radius 1 is 1.15 bits per heavy atom. The van der Waals surface area contributed by atoms with Crippen LogP contribution < -0.4 is 9.62 Å². The summed E-state index contributed by atoms with van der Waals surface area (Å²) in [5.41, 5.74) is 3.07. The van der Waals surface area contributed by atoms with Crippen LogP contribution in [-0.2, 0) is 21.2 Å². The van der Waals surface area contributed by atoms with Crippen LogP contribution in [0.25, 0.3) is 0 Å². The van der Waals surface area contributed by atoms with E-state index >= 15 is 0 Å². The summed E-state index contributed by atoms with van der Waals surface area (Å²) < 4.78 is 40.7. The highest BCUT2D eigenvalue weighted by atomic mass is 32.2. The second-order valence-electron chi connectivity index (χ2n) is 6.42. The van der Waals surface area contributed by atoms with Gasteiger partial charge in [0.25, 0.3) is 0 Å². The van der Waals surface area contributed by atoms with Crippen molar-refractivity contribution >= 4 is 21.6 Å². The molecule has 0 atom stereocenters. The van der Waals surface area contributed by atoms with E-state index in [-0.39, 0.29) is 29.5 Å². The van der Waals surface area contributed by atoms with Gasteiger partial charge in [-0.05, 0) is 55.2 Å². The number of sulfonamides is 1. The fourth-order valence-electron chi connectivity index (χ4n) is 2.98. The molecular formula is C20H25FN2O3S. The van der Waals surface area contributed by atoms with Gasteiger partial charge in [-0.15, -0.1) is 0 Å². The van der Waals surface area contributed by atoms with Crippen molar-refractivity contribution in [1.82, 2.24) is 4.72 Å². The normalized spacial score (nSPS) is 11.4. The maximum Gasteiger partial charge on any atom is 0.240 e. The van der Waals surface area contributed by atoms with Gasteiger partial charge in [0.1, 0.15) is 5.82 Å². The van der Waals surface area contributed by atoms with E-state index in [0.29, 0.717) is 0 Å². The molecule has 146 valence electrons. The highest BCUT2D eigenvalue weighted by molar-refractivity contribution is 7.89. The van der Waals surface area contributed by atoms with Gasteiger partial charge >= 0.3 is 0 Å². The van der Waals surface area contributed by atoms with Crippen LogP contribution in [0.5, 0.6) is 0 Å². The molecule has 0 unspecified atom stereocenters. The number of aryl methyl sites for hydroxylation is 3. The lowest BCUT2D eigenvalue weighted by molar-refractivity contribution is -0.116. The van der Waals surface area contributed by atoms with Crippen LogP contribution in [0.1, 0.15) is 30.5 Å². The van der Waals surface area contributed by atoms with E-state index in [4.69, 9.17) is 0 Å². The summed E-state index contributed by atoms with van der Waals surface area (Å²) in [7, 11) is -3.78. The maximum absolute atomic E-state index is 13.4. The van der Waals surface area contributed by atoms with Crippen LogP contribution in [0.15, 0.2) is 41.3 Å². The van der Waals surface area contributed by atoms with E-state index in [2.05, 4.69) is 4.72 Å². The topological polar surface area (TPSA) is 66.5 Å². The Balaban J connectivity index is 2.18. The molecule has 1 amide bonds. The number of halogens is 1. The molecule has 0 bridgehead atoms. The second kappa shape index (κ2) is 8.63. The van der Waals surface area contributed by atoms with Gasteiger partial charge in [-0.3, -0.25) is 4.79 Å². The van der Waals surface area contributed by atoms with Crippen LogP contribution in [0.2, 0.25) is 0 Å². The maximum atomic E-state index is 13.4. The lowest BCUT2D eigenvalue weighted by Gasteiger charge is -2.26. The summed E-state index contributed by atoms with van der Waals surface area (Å²) in [4.78, 5) is 13.8. The molecule has 2 aromatic rings. The molecule has 0 saturated carbocycles. The van der Waals surface area contributed by atoms with E-state index in [1.165, 1.54) is 26.0 Å². The minimum Gasteiger partial charge on any atom is -0.311 e. The molecule has 1 N–H and O–H groups in total. The summed E-state index contributed by atoms with van der Waals surface area (Å²) in [5, 5.41) is 0. The third kappa shape index (κ3) is 4.93. The van der Waals surface area contributed by atoms with Crippen molar-refractivity contribution in [3.63, 3.8) is 0 Å². The zero-order valence-corrected chi connectivity index (χ0v) is 16.9. The van der Waals surface area contributed by atoms with Crippen molar-refractivity contribution in [2.45, 2.75) is 39.0 Å². The lowest BCUT2D eigenvalue weighted by atomic mass is 10.0. The Morgan fingerprint density at radius 3 is 2.44 bits per heavy atom. The van der Waals surface area contributed by atoms with Crippen LogP contribution in [0.3, 0.4) is 0 Å². The standard InChI is InChI=1S/C20H25FN2O3S/c1-5-17-8-6-7-14(2)20(17)23(16(4)24)12-11-22-27(25,26)18-9-10-19(21)15(3)13-18/h6-10,13,22H,5,11-12H2,1-4H3. The monoisotopic (exact) mass is 392 g/mol. The summed E-state index contributed by atoms with van der Waals surface area (Å²) in [6.07, 6.45) is 0.765. The SMILES string of the molecule is CCc1cccc(C)c1N(CCNS(=O)(=O)c1ccc(F)c(C)c1)C(C)=O. The van der Waals surface area contributed by atoms with Crippen molar-refractivity contribution in [2.75, 3.05) is 18.0 Å². The first kappa shape index (κ1) is 21.1. The van der Waals surface area contributed by atoms with Crippen LogP contribution in [0.4, 0.5) is 10.1 Å². The third-order valence-corrected chi connectivity index (χ3v) is 5.88. The van der Waals surface area contributed by atoms with Gasteiger partial charge in [-0.1, -0.05) is 25.1 Å². The van der Waals surface area contributed by atoms with Crippen molar-refractivity contribution in [1.29, 1.82) is 0 Å². The van der Waals surface area contributed by atoms with Crippen molar-refractivity contribution in [3.8, 4) is 0 Å². The molecule has 7 heteroatoms. The number of carbonyl (C=O) groups excluding carboxylic acids is 1. The van der Waals surface area contributed by atoms with Gasteiger partial charge in [0.05, 0.1) is 4.90 Å². The van der Waals surface area contributed by atoms with Gasteiger partial charge in [-0.2, -0.15) is 0 Å². The van der Waals surface area contributed by atoms with Crippen molar-refractivity contribution < 1.29 is 17.6 Å². The Labute approximate surface area is 160 Å². The smallest absolute Gasteiger partial charge is 0.240 e. The summed E-state index contributed by atoms with van der Waals surface area (Å²) in [6.45, 7) is 7.16. The number of anilines is 1. The van der Waals surface area contributed by atoms with Crippen molar-refractivity contribution in [3.05, 3.63) is 58.9 Å². The van der Waals surface area contributed by atoms with Gasteiger partial charge in [0.2, 0.25) is 15.9 Å². The van der Waals surface area contributed by atoms with Crippen LogP contribution >= 0.6 is 0 Å². The zero-order valence-electron chi connectivity index (χ0n) is 16.0. The number of rotatable bonds is 7. The molecule has 27 heavy (non-hydrogen) atoms. The lowest BCUT2D eigenvalue weighted by Crippen LogP contribution is -2.38. The Bertz CT molecular complexity index is 942. The molecule has 0 spiro atoms. The summed E-state index contributed by atoms with van der Waals surface area (Å²) >= 11 is 0. The largest absolute Gasteiger partial charge is 0.311 e. The molecule has 0 saturated heterocycles. The molecule has 2 aromatic carbocycles. The van der Waals surface area contributed by atoms with E-state index in [0.717, 1.165) is 29.3 Å². The first-order valence-corrected chi connectivity index (χ1v) is 10.3. The number of benzene rings is 2. The van der Waals surface area contributed by atoms with E-state index < -0.39 is 15.8 Å². The molecule has 0 aliphatic carbocycles. The Morgan fingerprint density at radius 2 is 1.85 bits per heavy atom. The van der Waals surface area contributed by atoms with Gasteiger partial charge in [0, 0.05) is 25.7 Å². The molecule has 0 aliphatic rings. The number of nitrogens with zero attached hydrogens (tertiary/aromatic N) is 1. The quantitative estimate of drug-likeness (QED) is 0.786. The summed E-state index contributed by atoms with van der Waals surface area (Å²) in [6, 6.07) is 9.47. The molecule has 0 aromatic heterocycles. The molecule has 2 rings (SSSR count). The van der Waals surface area contributed by atoms with E-state index in [9.17, 15) is 17.6 Å². The van der Waals surface area contributed by atoms with Crippen LogP contribution in [0, 0.1) is 19.7 Å². The molecule has 0 heterocycles. The average molecular weight is 392 g/mol. The fourth-order valence-corrected chi connectivity index (χ4v) is 4.08. The molecule has 0 radical (unpaired) electrons. The van der Waals surface area contributed by atoms with Gasteiger partial charge in [0.15, 0.2) is 0 Å². The fraction of sp³-hybridized carbons (Fsp3) is 0.350. The van der Waals surface area contributed by atoms with E-state index in [1.54, 1.807) is 4.90 Å². The predicted octanol–water partition coefficient (Wildman–Crippen LogP) is 3.34. The molecule has 0 aliphatic heterocycles. The highest BCUT2D eigenvalue weighted by Crippen LogP contribution is 2.26. The number of hydrogen-bond acceptors (Lipinski definition) is 3. The van der Waals surface area contributed by atoms with Gasteiger partial charge < -0.3 is 4.90 Å². The van der Waals surface area contributed by atoms with Crippen LogP contribution in [-0.4, -0.2) is 27.4 Å². The summed E-state index contributed by atoms with van der Waals surface area (Å²) in [5.74, 6) is -0.612. The third-order valence-electron chi connectivity index (χ3n) is 4.42. The number of amides is 1. The van der Waals surface area contributed by atoms with Gasteiger partial charge in [-0.25, -0.2) is 17.5 Å². The Kier molecular flexibility index (Phi) is 6.73. The highest BCUT2D eigenvalue weighted by Gasteiger charge is 2.19. The predicted molar refractivity (Wildman–Crippen MR) is 105 cm³/mol. The first-order valence-electron chi connectivity index (χ1n) is 8.79. The number of nitrogens with one attached hydrogen (secondary N) is 1. The number of carbonyl (C=O) groups is 1. The molecule has 5 nitrogen and oxygen atoms in total. The first-order chi connectivity index (χ1) is 12.7. The molecule has 0 fully saturated rings. The van der Waals surface area contributed by atoms with Crippen molar-refractivity contribution in [2.24, 2.45) is 0 Å². The van der Waals surface area contributed by atoms with E-state index in [1.807, 2.05) is 32.0 Å². The molecular weight excluding hydrogens is 367 g/mol. The minimum absolute atomic E-state index is 0.000846. The number of hydrogen-bond donors (Lipinski definition) is 1. The zero-order chi connectivity index (χ0) is 20.2. The number of para-hydroxylation sites is 1. The average Bonchev–Trinajstić information content (AvgIpc) is 2.61. The minimum atomic E-state index is -3.78.